The number of carboxylic acid groups (broad SMARTS) is 1. The highest BCUT2D eigenvalue weighted by molar-refractivity contribution is 8.00. The third-order valence-corrected chi connectivity index (χ3v) is 4.82. The largest absolute Gasteiger partial charge is 0.497 e. The van der Waals surface area contributed by atoms with Crippen molar-refractivity contribution in [2.24, 2.45) is 0 Å². The summed E-state index contributed by atoms with van der Waals surface area (Å²) in [6.07, 6.45) is 1.70. The Hall–Kier alpha value is -1.69. The average Bonchev–Trinajstić information content (AvgIpc) is 2.91. The lowest BCUT2D eigenvalue weighted by Crippen LogP contribution is -2.45. The van der Waals surface area contributed by atoms with Crippen LogP contribution in [0.15, 0.2) is 24.3 Å². The molecule has 6 heteroatoms. The Labute approximate surface area is 128 Å². The average molecular weight is 309 g/mol. The highest BCUT2D eigenvalue weighted by Gasteiger charge is 2.41. The molecule has 2 atom stereocenters. The quantitative estimate of drug-likeness (QED) is 0.905. The Morgan fingerprint density at radius 1 is 1.48 bits per heavy atom. The van der Waals surface area contributed by atoms with Crippen LogP contribution in [0.2, 0.25) is 0 Å². The maximum absolute atomic E-state index is 12.7. The van der Waals surface area contributed by atoms with Gasteiger partial charge >= 0.3 is 5.97 Å². The maximum atomic E-state index is 12.7. The number of thioether (sulfide) groups is 1. The summed E-state index contributed by atoms with van der Waals surface area (Å²) in [4.78, 5) is 25.6. The number of benzene rings is 1. The number of methoxy groups -OCH3 is 1. The van der Waals surface area contributed by atoms with Crippen molar-refractivity contribution in [2.45, 2.75) is 31.2 Å². The maximum Gasteiger partial charge on any atom is 0.327 e. The molecule has 2 rings (SSSR count). The molecule has 0 bridgehead atoms. The van der Waals surface area contributed by atoms with Gasteiger partial charge in [0.05, 0.1) is 12.5 Å². The lowest BCUT2D eigenvalue weighted by molar-refractivity contribution is -0.141. The van der Waals surface area contributed by atoms with E-state index in [0.29, 0.717) is 17.1 Å². The van der Waals surface area contributed by atoms with Gasteiger partial charge in [-0.1, -0.05) is 19.4 Å². The molecule has 0 aliphatic carbocycles. The van der Waals surface area contributed by atoms with Crippen molar-refractivity contribution in [3.63, 3.8) is 0 Å². The zero-order valence-electron chi connectivity index (χ0n) is 12.1. The van der Waals surface area contributed by atoms with Crippen LogP contribution in [0, 0.1) is 0 Å². The van der Waals surface area contributed by atoms with Gasteiger partial charge in [-0.2, -0.15) is 0 Å². The third kappa shape index (κ3) is 3.32. The van der Waals surface area contributed by atoms with Crippen molar-refractivity contribution in [2.75, 3.05) is 12.9 Å². The molecule has 114 valence electrons. The van der Waals surface area contributed by atoms with Gasteiger partial charge in [0.15, 0.2) is 0 Å². The van der Waals surface area contributed by atoms with Crippen molar-refractivity contribution in [1.29, 1.82) is 0 Å². The number of ether oxygens (including phenoxy) is 1. The van der Waals surface area contributed by atoms with Crippen molar-refractivity contribution >= 4 is 23.6 Å². The SMILES string of the molecule is CCCC1SCC(C(=O)O)N1C(=O)c1cccc(OC)c1. The Balaban J connectivity index is 2.29. The predicted molar refractivity (Wildman–Crippen MR) is 81.7 cm³/mol. The fourth-order valence-electron chi connectivity index (χ4n) is 2.40. The Morgan fingerprint density at radius 3 is 2.86 bits per heavy atom. The molecule has 1 saturated heterocycles. The number of hydrogen-bond acceptors (Lipinski definition) is 4. The molecule has 0 aromatic heterocycles. The normalized spacial score (nSPS) is 21.3. The Kier molecular flexibility index (Phi) is 5.12. The van der Waals surface area contributed by atoms with E-state index in [0.717, 1.165) is 12.8 Å². The van der Waals surface area contributed by atoms with Gasteiger partial charge in [0.25, 0.3) is 5.91 Å². The standard InChI is InChI=1S/C15H19NO4S/c1-3-5-13-16(12(9-21-13)15(18)19)14(17)10-6-4-7-11(8-10)20-2/h4,6-8,12-13H,3,5,9H2,1-2H3,(H,18,19). The number of rotatable bonds is 5. The number of carbonyl (C=O) groups excluding carboxylic acids is 1. The van der Waals surface area contributed by atoms with Crippen molar-refractivity contribution in [3.8, 4) is 5.75 Å². The molecule has 5 nitrogen and oxygen atoms in total. The molecule has 0 spiro atoms. The molecule has 1 N–H and O–H groups in total. The first kappa shape index (κ1) is 15.7. The summed E-state index contributed by atoms with van der Waals surface area (Å²) in [6.45, 7) is 2.03. The molecule has 0 saturated carbocycles. The minimum absolute atomic E-state index is 0.0743. The molecule has 21 heavy (non-hydrogen) atoms. The topological polar surface area (TPSA) is 66.8 Å². The molecule has 1 aromatic rings. The van der Waals surface area contributed by atoms with Gasteiger partial charge in [-0.15, -0.1) is 11.8 Å². The van der Waals surface area contributed by atoms with Crippen LogP contribution in [0.3, 0.4) is 0 Å². The van der Waals surface area contributed by atoms with Crippen molar-refractivity contribution in [1.82, 2.24) is 4.90 Å². The van der Waals surface area contributed by atoms with Crippen molar-refractivity contribution in [3.05, 3.63) is 29.8 Å². The number of carboxylic acids is 1. The van der Waals surface area contributed by atoms with Gasteiger partial charge in [-0.05, 0) is 24.6 Å². The summed E-state index contributed by atoms with van der Waals surface area (Å²) in [7, 11) is 1.54. The van der Waals surface area contributed by atoms with Crippen LogP contribution in [0.4, 0.5) is 0 Å². The van der Waals surface area contributed by atoms with Gasteiger partial charge in [0, 0.05) is 11.3 Å². The second-order valence-corrected chi connectivity index (χ2v) is 6.09. The third-order valence-electron chi connectivity index (χ3n) is 3.46. The minimum Gasteiger partial charge on any atom is -0.497 e. The molecular weight excluding hydrogens is 290 g/mol. The lowest BCUT2D eigenvalue weighted by atomic mass is 10.1. The summed E-state index contributed by atoms with van der Waals surface area (Å²) in [5, 5.41) is 9.26. The lowest BCUT2D eigenvalue weighted by Gasteiger charge is -2.27. The summed E-state index contributed by atoms with van der Waals surface area (Å²) in [5.41, 5.74) is 0.462. The van der Waals surface area contributed by atoms with E-state index in [2.05, 4.69) is 0 Å². The van der Waals surface area contributed by atoms with Crippen LogP contribution in [-0.4, -0.2) is 46.2 Å². The summed E-state index contributed by atoms with van der Waals surface area (Å²) in [6, 6.07) is 6.07. The van der Waals surface area contributed by atoms with E-state index in [-0.39, 0.29) is 11.3 Å². The first-order valence-corrected chi connectivity index (χ1v) is 7.94. The minimum atomic E-state index is -0.947. The number of nitrogens with zero attached hydrogens (tertiary/aromatic N) is 1. The van der Waals surface area contributed by atoms with Gasteiger partial charge in [-0.3, -0.25) is 4.79 Å². The van der Waals surface area contributed by atoms with Crippen LogP contribution < -0.4 is 4.74 Å². The molecule has 1 amide bonds. The Morgan fingerprint density at radius 2 is 2.24 bits per heavy atom. The van der Waals surface area contributed by atoms with Gasteiger partial charge < -0.3 is 14.7 Å². The van der Waals surface area contributed by atoms with E-state index in [9.17, 15) is 14.7 Å². The van der Waals surface area contributed by atoms with Crippen LogP contribution in [0.5, 0.6) is 5.75 Å². The molecule has 2 unspecified atom stereocenters. The molecular formula is C15H19NO4S. The number of carbonyl (C=O) groups is 2. The fourth-order valence-corrected chi connectivity index (χ4v) is 3.91. The van der Waals surface area contributed by atoms with Gasteiger partial charge in [0.2, 0.25) is 0 Å². The van der Waals surface area contributed by atoms with E-state index in [1.165, 1.54) is 23.8 Å². The zero-order chi connectivity index (χ0) is 15.4. The number of amides is 1. The highest BCUT2D eigenvalue weighted by atomic mass is 32.2. The monoisotopic (exact) mass is 309 g/mol. The summed E-state index contributed by atoms with van der Waals surface area (Å²) < 4.78 is 5.12. The van der Waals surface area contributed by atoms with Crippen LogP contribution in [0.25, 0.3) is 0 Å². The molecule has 1 fully saturated rings. The van der Waals surface area contributed by atoms with Crippen molar-refractivity contribution < 1.29 is 19.4 Å². The van der Waals surface area contributed by atoms with Gasteiger partial charge in [-0.25, -0.2) is 4.79 Å². The first-order chi connectivity index (χ1) is 10.1. The first-order valence-electron chi connectivity index (χ1n) is 6.89. The van der Waals surface area contributed by atoms with E-state index < -0.39 is 12.0 Å². The van der Waals surface area contributed by atoms with E-state index >= 15 is 0 Å². The summed E-state index contributed by atoms with van der Waals surface area (Å²) >= 11 is 1.54. The Bertz CT molecular complexity index is 534. The molecule has 0 radical (unpaired) electrons. The second-order valence-electron chi connectivity index (χ2n) is 4.88. The van der Waals surface area contributed by atoms with Crippen LogP contribution in [0.1, 0.15) is 30.1 Å². The number of aliphatic carboxylic acids is 1. The fraction of sp³-hybridized carbons (Fsp3) is 0.467. The highest BCUT2D eigenvalue weighted by Crippen LogP contribution is 2.33. The second kappa shape index (κ2) is 6.85. The summed E-state index contributed by atoms with van der Waals surface area (Å²) in [5.74, 6) is -0.163. The van der Waals surface area contributed by atoms with Crippen LogP contribution in [-0.2, 0) is 4.79 Å². The van der Waals surface area contributed by atoms with E-state index in [1.54, 1.807) is 24.3 Å². The predicted octanol–water partition coefficient (Wildman–Crippen LogP) is 2.46. The zero-order valence-corrected chi connectivity index (χ0v) is 12.9. The smallest absolute Gasteiger partial charge is 0.327 e. The molecule has 1 heterocycles. The van der Waals surface area contributed by atoms with Gasteiger partial charge in [0.1, 0.15) is 11.8 Å². The molecule has 1 aromatic carbocycles. The number of hydrogen-bond donors (Lipinski definition) is 1. The van der Waals surface area contributed by atoms with E-state index in [1.807, 2.05) is 6.92 Å². The molecule has 1 aliphatic rings. The molecule has 1 aliphatic heterocycles. The van der Waals surface area contributed by atoms with Crippen LogP contribution >= 0.6 is 11.8 Å². The van der Waals surface area contributed by atoms with E-state index in [4.69, 9.17) is 4.74 Å².